The van der Waals surface area contributed by atoms with Gasteiger partial charge in [0.05, 0.1) is 19.3 Å². The van der Waals surface area contributed by atoms with Crippen LogP contribution < -0.4 is 0 Å². The van der Waals surface area contributed by atoms with Gasteiger partial charge in [-0.05, 0) is 18.1 Å². The van der Waals surface area contributed by atoms with Gasteiger partial charge in [-0.25, -0.2) is 4.79 Å². The lowest BCUT2D eigenvalue weighted by Gasteiger charge is -2.26. The maximum absolute atomic E-state index is 12.3. The summed E-state index contributed by atoms with van der Waals surface area (Å²) in [7, 11) is 1.41. The average molecular weight is 352 g/mol. The maximum Gasteiger partial charge on any atom is 0.340 e. The van der Waals surface area contributed by atoms with Gasteiger partial charge in [-0.15, -0.1) is 0 Å². The Bertz CT molecular complexity index is 767. The Hall–Kier alpha value is -2.21. The van der Waals surface area contributed by atoms with Crippen LogP contribution in [0.5, 0.6) is 0 Å². The van der Waals surface area contributed by atoms with Gasteiger partial charge in [0.2, 0.25) is 0 Å². The number of hydrogen-bond acceptors (Lipinski definition) is 5. The van der Waals surface area contributed by atoms with Crippen LogP contribution in [-0.4, -0.2) is 41.4 Å². The fourth-order valence-corrected chi connectivity index (χ4v) is 4.01. The summed E-state index contributed by atoms with van der Waals surface area (Å²) in [5.74, 6) is -0.321. The number of esters is 1. The third kappa shape index (κ3) is 3.03. The SMILES string of the molecule is COC(=O)C1(C)C[C@@H]2N(Cc3ccccc3)C[C@@H](c3ccccc3)N2O1. The lowest BCUT2D eigenvalue weighted by Crippen LogP contribution is -2.39. The highest BCUT2D eigenvalue weighted by molar-refractivity contribution is 5.79. The molecule has 0 amide bonds. The van der Waals surface area contributed by atoms with E-state index in [0.29, 0.717) is 6.42 Å². The zero-order valence-corrected chi connectivity index (χ0v) is 15.2. The number of hydrogen-bond donors (Lipinski definition) is 0. The number of fused-ring (bicyclic) bond motifs is 1. The highest BCUT2D eigenvalue weighted by Crippen LogP contribution is 2.44. The third-order valence-corrected chi connectivity index (χ3v) is 5.34. The van der Waals surface area contributed by atoms with Crippen LogP contribution in [0, 0.1) is 0 Å². The minimum Gasteiger partial charge on any atom is -0.467 e. The van der Waals surface area contributed by atoms with Gasteiger partial charge in [0.1, 0.15) is 0 Å². The molecule has 0 radical (unpaired) electrons. The molecule has 5 heteroatoms. The van der Waals surface area contributed by atoms with Crippen molar-refractivity contribution in [1.29, 1.82) is 0 Å². The standard InChI is InChI=1S/C21H24N2O3/c1-21(20(24)25-2)13-19-22(14-16-9-5-3-6-10-16)15-18(23(19)26-21)17-11-7-4-8-12-17/h3-12,18-19H,13-15H2,1-2H3/t18-,19+,21?/m0/s1. The van der Waals surface area contributed by atoms with E-state index in [1.165, 1.54) is 18.2 Å². The van der Waals surface area contributed by atoms with Crippen molar-refractivity contribution >= 4 is 5.97 Å². The predicted molar refractivity (Wildman–Crippen MR) is 97.8 cm³/mol. The molecule has 0 bridgehead atoms. The Balaban J connectivity index is 1.63. The second-order valence-electron chi connectivity index (χ2n) is 7.20. The molecule has 2 aliphatic rings. The largest absolute Gasteiger partial charge is 0.467 e. The van der Waals surface area contributed by atoms with Crippen LogP contribution in [0.2, 0.25) is 0 Å². The molecule has 2 aromatic carbocycles. The van der Waals surface area contributed by atoms with E-state index in [0.717, 1.165) is 13.1 Å². The van der Waals surface area contributed by atoms with E-state index in [1.807, 2.05) is 36.3 Å². The van der Waals surface area contributed by atoms with Crippen LogP contribution in [0.15, 0.2) is 60.7 Å². The first-order valence-electron chi connectivity index (χ1n) is 8.99. The Labute approximate surface area is 154 Å². The van der Waals surface area contributed by atoms with Gasteiger partial charge < -0.3 is 4.74 Å². The smallest absolute Gasteiger partial charge is 0.340 e. The Kier molecular flexibility index (Phi) is 4.53. The number of ether oxygens (including phenoxy) is 1. The lowest BCUT2D eigenvalue weighted by molar-refractivity contribution is -0.223. The van der Waals surface area contributed by atoms with Crippen molar-refractivity contribution in [2.24, 2.45) is 0 Å². The molecule has 0 saturated carbocycles. The molecule has 0 N–H and O–H groups in total. The summed E-state index contributed by atoms with van der Waals surface area (Å²) in [6.07, 6.45) is 0.639. The summed E-state index contributed by atoms with van der Waals surface area (Å²) in [5.41, 5.74) is 1.51. The maximum atomic E-state index is 12.3. The number of benzene rings is 2. The zero-order chi connectivity index (χ0) is 18.1. The third-order valence-electron chi connectivity index (χ3n) is 5.34. The van der Waals surface area contributed by atoms with Crippen LogP contribution in [-0.2, 0) is 20.9 Å². The molecule has 2 aromatic rings. The minimum atomic E-state index is -0.943. The minimum absolute atomic E-state index is 0.0458. The van der Waals surface area contributed by atoms with Crippen molar-refractivity contribution in [3.8, 4) is 0 Å². The molecule has 0 spiro atoms. The van der Waals surface area contributed by atoms with Gasteiger partial charge in [-0.2, -0.15) is 5.06 Å². The van der Waals surface area contributed by atoms with Crippen LogP contribution in [0.25, 0.3) is 0 Å². The second-order valence-corrected chi connectivity index (χ2v) is 7.20. The van der Waals surface area contributed by atoms with E-state index in [4.69, 9.17) is 9.57 Å². The first kappa shape index (κ1) is 17.2. The van der Waals surface area contributed by atoms with E-state index in [-0.39, 0.29) is 18.2 Å². The molecule has 2 saturated heterocycles. The van der Waals surface area contributed by atoms with E-state index >= 15 is 0 Å². The van der Waals surface area contributed by atoms with Crippen molar-refractivity contribution < 1.29 is 14.4 Å². The van der Waals surface area contributed by atoms with Crippen molar-refractivity contribution in [1.82, 2.24) is 9.96 Å². The fraction of sp³-hybridized carbons (Fsp3) is 0.381. The number of rotatable bonds is 4. The van der Waals surface area contributed by atoms with E-state index in [1.54, 1.807) is 0 Å². The van der Waals surface area contributed by atoms with Crippen LogP contribution in [0.3, 0.4) is 0 Å². The first-order chi connectivity index (χ1) is 12.6. The average Bonchev–Trinajstić information content (AvgIpc) is 3.19. The summed E-state index contributed by atoms with van der Waals surface area (Å²) < 4.78 is 4.99. The molecule has 5 nitrogen and oxygen atoms in total. The molecule has 26 heavy (non-hydrogen) atoms. The molecule has 2 aliphatic heterocycles. The van der Waals surface area contributed by atoms with Gasteiger partial charge in [-0.1, -0.05) is 60.7 Å². The monoisotopic (exact) mass is 352 g/mol. The number of hydroxylamine groups is 2. The lowest BCUT2D eigenvalue weighted by atomic mass is 10.0. The quantitative estimate of drug-likeness (QED) is 0.791. The van der Waals surface area contributed by atoms with E-state index < -0.39 is 5.60 Å². The van der Waals surface area contributed by atoms with Crippen molar-refractivity contribution in [2.45, 2.75) is 37.7 Å². The Morgan fingerprint density at radius 1 is 1.15 bits per heavy atom. The van der Waals surface area contributed by atoms with Crippen molar-refractivity contribution in [3.05, 3.63) is 71.8 Å². The molecule has 2 heterocycles. The van der Waals surface area contributed by atoms with Crippen molar-refractivity contribution in [3.63, 3.8) is 0 Å². The fourth-order valence-electron chi connectivity index (χ4n) is 4.01. The van der Waals surface area contributed by atoms with Crippen LogP contribution in [0.4, 0.5) is 0 Å². The number of carbonyl (C=O) groups excluding carboxylic acids is 1. The molecular weight excluding hydrogens is 328 g/mol. The van der Waals surface area contributed by atoms with Gasteiger partial charge in [0.25, 0.3) is 0 Å². The number of carbonyl (C=O) groups is 1. The van der Waals surface area contributed by atoms with E-state index in [2.05, 4.69) is 41.3 Å². The molecule has 136 valence electrons. The van der Waals surface area contributed by atoms with E-state index in [9.17, 15) is 4.79 Å². The summed E-state index contributed by atoms with van der Waals surface area (Å²) in [6, 6.07) is 20.8. The van der Waals surface area contributed by atoms with Crippen molar-refractivity contribution in [2.75, 3.05) is 13.7 Å². The van der Waals surface area contributed by atoms with Crippen LogP contribution in [0.1, 0.15) is 30.5 Å². The van der Waals surface area contributed by atoms with Gasteiger partial charge in [0.15, 0.2) is 5.60 Å². The van der Waals surface area contributed by atoms with Gasteiger partial charge >= 0.3 is 5.97 Å². The molecule has 1 unspecified atom stereocenters. The predicted octanol–water partition coefficient (Wildman–Crippen LogP) is 3.14. The van der Waals surface area contributed by atoms with Crippen LogP contribution >= 0.6 is 0 Å². The summed E-state index contributed by atoms with van der Waals surface area (Å²) >= 11 is 0. The molecule has 3 atom stereocenters. The first-order valence-corrected chi connectivity index (χ1v) is 8.99. The molecule has 2 fully saturated rings. The Morgan fingerprint density at radius 3 is 2.46 bits per heavy atom. The number of methoxy groups -OCH3 is 1. The van der Waals surface area contributed by atoms with Gasteiger partial charge in [0, 0.05) is 19.5 Å². The summed E-state index contributed by atoms with van der Waals surface area (Å²) in [5, 5.41) is 2.00. The second kappa shape index (κ2) is 6.83. The summed E-state index contributed by atoms with van der Waals surface area (Å²) in [4.78, 5) is 20.9. The molecular formula is C21H24N2O3. The molecule has 0 aliphatic carbocycles. The molecule has 0 aromatic heterocycles. The highest BCUT2D eigenvalue weighted by atomic mass is 16.7. The zero-order valence-electron chi connectivity index (χ0n) is 15.2. The topological polar surface area (TPSA) is 42.0 Å². The normalized spacial score (nSPS) is 28.8. The summed E-state index contributed by atoms with van der Waals surface area (Å²) in [6.45, 7) is 3.51. The molecule has 4 rings (SSSR count). The Morgan fingerprint density at radius 2 is 1.81 bits per heavy atom. The van der Waals surface area contributed by atoms with Gasteiger partial charge in [-0.3, -0.25) is 9.74 Å². The number of nitrogens with zero attached hydrogens (tertiary/aromatic N) is 2. The highest BCUT2D eigenvalue weighted by Gasteiger charge is 2.56.